The van der Waals surface area contributed by atoms with E-state index < -0.39 is 17.7 Å². The summed E-state index contributed by atoms with van der Waals surface area (Å²) in [5.41, 5.74) is 3.19. The standard InChI is InChI=1S/C32H30N2O4/c1-32(2,3)25-12-9-21(10-13-25)28-27(30(36)31(37)34(28)19-20-6-5-15-33-18-20)29(35)24-8-7-23-17-26(38-4)14-11-22(23)16-24/h5-18,28,35H,19H2,1-4H3/b29-27+. The molecule has 1 saturated heterocycles. The van der Waals surface area contributed by atoms with Gasteiger partial charge in [0.05, 0.1) is 18.7 Å². The van der Waals surface area contributed by atoms with Crippen molar-refractivity contribution in [1.82, 2.24) is 9.88 Å². The minimum absolute atomic E-state index is 0.0518. The predicted octanol–water partition coefficient (Wildman–Crippen LogP) is 6.16. The maximum atomic E-state index is 13.4. The SMILES string of the molecule is COc1ccc2cc(/C(O)=C3\C(=O)C(=O)N(Cc4cccnc4)C3c3ccc(C(C)(C)C)cc3)ccc2c1. The van der Waals surface area contributed by atoms with E-state index in [1.165, 1.54) is 4.90 Å². The van der Waals surface area contributed by atoms with E-state index in [0.29, 0.717) is 5.56 Å². The molecular formula is C32H30N2O4. The summed E-state index contributed by atoms with van der Waals surface area (Å²) >= 11 is 0. The molecule has 0 radical (unpaired) electrons. The van der Waals surface area contributed by atoms with E-state index in [9.17, 15) is 14.7 Å². The number of hydrogen-bond acceptors (Lipinski definition) is 5. The summed E-state index contributed by atoms with van der Waals surface area (Å²) in [4.78, 5) is 32.5. The number of nitrogens with zero attached hydrogens (tertiary/aromatic N) is 2. The normalized spacial score (nSPS) is 17.3. The largest absolute Gasteiger partial charge is 0.507 e. The van der Waals surface area contributed by atoms with Crippen molar-refractivity contribution in [3.05, 3.63) is 113 Å². The van der Waals surface area contributed by atoms with Gasteiger partial charge in [0.1, 0.15) is 11.5 Å². The molecule has 6 nitrogen and oxygen atoms in total. The summed E-state index contributed by atoms with van der Waals surface area (Å²) in [6, 6.07) is 21.9. The number of carbonyl (C=O) groups is 2. The van der Waals surface area contributed by atoms with Crippen LogP contribution >= 0.6 is 0 Å². The van der Waals surface area contributed by atoms with Crippen LogP contribution in [0.25, 0.3) is 16.5 Å². The summed E-state index contributed by atoms with van der Waals surface area (Å²) in [6.07, 6.45) is 3.34. The Morgan fingerprint density at radius 1 is 0.974 bits per heavy atom. The zero-order valence-corrected chi connectivity index (χ0v) is 21.9. The lowest BCUT2D eigenvalue weighted by Crippen LogP contribution is -2.29. The third-order valence-electron chi connectivity index (χ3n) is 7.03. The van der Waals surface area contributed by atoms with Crippen LogP contribution in [-0.2, 0) is 21.5 Å². The van der Waals surface area contributed by atoms with Crippen molar-refractivity contribution in [2.45, 2.75) is 38.8 Å². The van der Waals surface area contributed by atoms with Gasteiger partial charge in [-0.3, -0.25) is 14.6 Å². The summed E-state index contributed by atoms with van der Waals surface area (Å²) in [7, 11) is 1.61. The van der Waals surface area contributed by atoms with E-state index in [0.717, 1.165) is 33.2 Å². The first-order valence-corrected chi connectivity index (χ1v) is 12.5. The Bertz CT molecular complexity index is 1550. The van der Waals surface area contributed by atoms with Crippen molar-refractivity contribution in [3.8, 4) is 5.75 Å². The quantitative estimate of drug-likeness (QED) is 0.199. The lowest BCUT2D eigenvalue weighted by molar-refractivity contribution is -0.140. The van der Waals surface area contributed by atoms with Crippen LogP contribution in [0.1, 0.15) is 49.1 Å². The highest BCUT2D eigenvalue weighted by molar-refractivity contribution is 6.46. The second-order valence-corrected chi connectivity index (χ2v) is 10.6. The van der Waals surface area contributed by atoms with E-state index in [2.05, 4.69) is 25.8 Å². The number of ketones is 1. The monoisotopic (exact) mass is 506 g/mol. The summed E-state index contributed by atoms with van der Waals surface area (Å²) in [5, 5.41) is 13.3. The minimum Gasteiger partial charge on any atom is -0.507 e. The van der Waals surface area contributed by atoms with Crippen LogP contribution in [0, 0.1) is 0 Å². The van der Waals surface area contributed by atoms with Gasteiger partial charge in [0, 0.05) is 24.5 Å². The molecule has 38 heavy (non-hydrogen) atoms. The average molecular weight is 507 g/mol. The van der Waals surface area contributed by atoms with Crippen LogP contribution in [-0.4, -0.2) is 33.8 Å². The summed E-state index contributed by atoms with van der Waals surface area (Å²) in [6.45, 7) is 6.59. The number of carbonyl (C=O) groups excluding carboxylic acids is 2. The average Bonchev–Trinajstić information content (AvgIpc) is 3.17. The molecular weight excluding hydrogens is 476 g/mol. The number of aromatic nitrogens is 1. The fourth-order valence-electron chi connectivity index (χ4n) is 4.90. The Kier molecular flexibility index (Phi) is 6.49. The molecule has 1 aliphatic heterocycles. The molecule has 2 heterocycles. The Morgan fingerprint density at radius 3 is 2.34 bits per heavy atom. The first-order chi connectivity index (χ1) is 18.2. The molecule has 1 aromatic heterocycles. The van der Waals surface area contributed by atoms with Crippen molar-refractivity contribution in [2.75, 3.05) is 7.11 Å². The van der Waals surface area contributed by atoms with Gasteiger partial charge < -0.3 is 14.7 Å². The number of fused-ring (bicyclic) bond motifs is 1. The van der Waals surface area contributed by atoms with Crippen LogP contribution in [0.2, 0.25) is 0 Å². The van der Waals surface area contributed by atoms with Gasteiger partial charge in [-0.2, -0.15) is 0 Å². The highest BCUT2D eigenvalue weighted by Crippen LogP contribution is 2.41. The van der Waals surface area contributed by atoms with E-state index in [-0.39, 0.29) is 23.3 Å². The molecule has 0 aliphatic carbocycles. The first-order valence-electron chi connectivity index (χ1n) is 12.5. The number of pyridine rings is 1. The number of likely N-dealkylation sites (tertiary alicyclic amines) is 1. The Hall–Kier alpha value is -4.45. The highest BCUT2D eigenvalue weighted by atomic mass is 16.5. The van der Waals surface area contributed by atoms with Crippen LogP contribution in [0.15, 0.2) is 90.8 Å². The molecule has 4 aromatic rings. The molecule has 1 amide bonds. The number of Topliss-reactive ketones (excluding diaryl/α,β-unsaturated/α-hetero) is 1. The number of hydrogen-bond donors (Lipinski definition) is 1. The van der Waals surface area contributed by atoms with Gasteiger partial charge in [-0.05, 0) is 57.1 Å². The van der Waals surface area contributed by atoms with Gasteiger partial charge in [0.25, 0.3) is 11.7 Å². The number of benzene rings is 3. The molecule has 1 fully saturated rings. The molecule has 1 N–H and O–H groups in total. The number of methoxy groups -OCH3 is 1. The molecule has 3 aromatic carbocycles. The maximum absolute atomic E-state index is 13.4. The molecule has 0 bridgehead atoms. The Morgan fingerprint density at radius 2 is 1.68 bits per heavy atom. The van der Waals surface area contributed by atoms with Crippen LogP contribution in [0.4, 0.5) is 0 Å². The fourth-order valence-corrected chi connectivity index (χ4v) is 4.90. The molecule has 5 rings (SSSR count). The van der Waals surface area contributed by atoms with Gasteiger partial charge in [-0.25, -0.2) is 0 Å². The number of aliphatic hydroxyl groups is 1. The summed E-state index contributed by atoms with van der Waals surface area (Å²) in [5.74, 6) is -0.814. The zero-order valence-electron chi connectivity index (χ0n) is 21.9. The molecule has 0 spiro atoms. The predicted molar refractivity (Wildman–Crippen MR) is 148 cm³/mol. The topological polar surface area (TPSA) is 79.7 Å². The van der Waals surface area contributed by atoms with E-state index in [1.54, 1.807) is 31.6 Å². The van der Waals surface area contributed by atoms with E-state index in [1.807, 2.05) is 60.7 Å². The summed E-state index contributed by atoms with van der Waals surface area (Å²) < 4.78 is 5.31. The molecule has 1 aliphatic rings. The number of amides is 1. The van der Waals surface area contributed by atoms with Crippen molar-refractivity contribution < 1.29 is 19.4 Å². The molecule has 0 saturated carbocycles. The number of aliphatic hydroxyl groups excluding tert-OH is 1. The molecule has 1 unspecified atom stereocenters. The van der Waals surface area contributed by atoms with Crippen molar-refractivity contribution in [1.29, 1.82) is 0 Å². The second-order valence-electron chi connectivity index (χ2n) is 10.6. The number of ether oxygens (including phenoxy) is 1. The fraction of sp³-hybridized carbons (Fsp3) is 0.219. The third kappa shape index (κ3) is 4.65. The van der Waals surface area contributed by atoms with E-state index >= 15 is 0 Å². The Balaban J connectivity index is 1.64. The minimum atomic E-state index is -0.740. The van der Waals surface area contributed by atoms with Crippen molar-refractivity contribution >= 4 is 28.2 Å². The maximum Gasteiger partial charge on any atom is 0.295 e. The van der Waals surface area contributed by atoms with Crippen LogP contribution in [0.5, 0.6) is 5.75 Å². The first kappa shape index (κ1) is 25.2. The van der Waals surface area contributed by atoms with Gasteiger partial charge in [0.2, 0.25) is 0 Å². The van der Waals surface area contributed by atoms with Gasteiger partial charge in [-0.1, -0.05) is 69.3 Å². The van der Waals surface area contributed by atoms with Crippen molar-refractivity contribution in [3.63, 3.8) is 0 Å². The Labute approximate surface area is 222 Å². The lowest BCUT2D eigenvalue weighted by atomic mass is 9.85. The van der Waals surface area contributed by atoms with Crippen molar-refractivity contribution in [2.24, 2.45) is 0 Å². The lowest BCUT2D eigenvalue weighted by Gasteiger charge is -2.26. The third-order valence-corrected chi connectivity index (χ3v) is 7.03. The van der Waals surface area contributed by atoms with E-state index in [4.69, 9.17) is 4.74 Å². The van der Waals surface area contributed by atoms with Gasteiger partial charge in [-0.15, -0.1) is 0 Å². The van der Waals surface area contributed by atoms with Crippen LogP contribution < -0.4 is 4.74 Å². The molecule has 1 atom stereocenters. The molecule has 192 valence electrons. The van der Waals surface area contributed by atoms with Gasteiger partial charge in [0.15, 0.2) is 0 Å². The number of rotatable bonds is 5. The zero-order chi connectivity index (χ0) is 27.0. The smallest absolute Gasteiger partial charge is 0.295 e. The highest BCUT2D eigenvalue weighted by Gasteiger charge is 2.46. The van der Waals surface area contributed by atoms with Gasteiger partial charge >= 0.3 is 0 Å². The second kappa shape index (κ2) is 9.78. The van der Waals surface area contributed by atoms with Crippen LogP contribution in [0.3, 0.4) is 0 Å². The molecule has 6 heteroatoms.